The SMILES string of the molecule is CCCCCCCCCCCCCCCCCC[Si](C)(C)OCCNCCOCCOCCO. The molecule has 0 bridgehead atoms. The normalized spacial score (nSPS) is 12.0. The molecule has 0 unspecified atom stereocenters. The number of rotatable bonds is 29. The van der Waals surface area contributed by atoms with E-state index in [2.05, 4.69) is 25.3 Å². The summed E-state index contributed by atoms with van der Waals surface area (Å²) in [5.74, 6) is 0. The zero-order valence-electron chi connectivity index (χ0n) is 23.3. The number of ether oxygens (including phenoxy) is 2. The highest BCUT2D eigenvalue weighted by Gasteiger charge is 2.21. The summed E-state index contributed by atoms with van der Waals surface area (Å²) in [6, 6.07) is 1.28. The van der Waals surface area contributed by atoms with Gasteiger partial charge in [0.25, 0.3) is 0 Å². The topological polar surface area (TPSA) is 60.0 Å². The van der Waals surface area contributed by atoms with Crippen molar-refractivity contribution in [2.75, 3.05) is 52.7 Å². The first-order valence-corrected chi connectivity index (χ1v) is 17.8. The predicted molar refractivity (Wildman–Crippen MR) is 149 cm³/mol. The van der Waals surface area contributed by atoms with Crippen molar-refractivity contribution in [2.24, 2.45) is 0 Å². The summed E-state index contributed by atoms with van der Waals surface area (Å²) in [5, 5.41) is 12.0. The van der Waals surface area contributed by atoms with Crippen LogP contribution in [0, 0.1) is 0 Å². The zero-order chi connectivity index (χ0) is 25.0. The third-order valence-electron chi connectivity index (χ3n) is 6.43. The first-order valence-electron chi connectivity index (χ1n) is 14.7. The predicted octanol–water partition coefficient (Wildman–Crippen LogP) is 7.08. The Bertz CT molecular complexity index is 385. The second-order valence-electron chi connectivity index (χ2n) is 10.4. The van der Waals surface area contributed by atoms with Crippen LogP contribution in [0.25, 0.3) is 0 Å². The van der Waals surface area contributed by atoms with Gasteiger partial charge in [-0.15, -0.1) is 0 Å². The van der Waals surface area contributed by atoms with E-state index in [0.717, 1.165) is 19.7 Å². The van der Waals surface area contributed by atoms with E-state index in [9.17, 15) is 0 Å². The lowest BCUT2D eigenvalue weighted by molar-refractivity contribution is 0.0339. The van der Waals surface area contributed by atoms with E-state index in [1.165, 1.54) is 109 Å². The van der Waals surface area contributed by atoms with Crippen LogP contribution in [0.4, 0.5) is 0 Å². The van der Waals surface area contributed by atoms with Crippen molar-refractivity contribution >= 4 is 8.32 Å². The minimum absolute atomic E-state index is 0.0701. The van der Waals surface area contributed by atoms with Gasteiger partial charge in [0.2, 0.25) is 0 Å². The molecule has 0 heterocycles. The molecule has 0 saturated carbocycles. The highest BCUT2D eigenvalue weighted by molar-refractivity contribution is 6.71. The van der Waals surface area contributed by atoms with Gasteiger partial charge in [-0.2, -0.15) is 0 Å². The summed E-state index contributed by atoms with van der Waals surface area (Å²) in [6.45, 7) is 11.8. The summed E-state index contributed by atoms with van der Waals surface area (Å²) in [6.07, 6.45) is 22.8. The zero-order valence-corrected chi connectivity index (χ0v) is 24.3. The lowest BCUT2D eigenvalue weighted by Crippen LogP contribution is -2.34. The summed E-state index contributed by atoms with van der Waals surface area (Å²) < 4.78 is 16.8. The van der Waals surface area contributed by atoms with Gasteiger partial charge in [-0.3, -0.25) is 0 Å². The van der Waals surface area contributed by atoms with E-state index < -0.39 is 8.32 Å². The maximum absolute atomic E-state index is 8.62. The van der Waals surface area contributed by atoms with E-state index >= 15 is 0 Å². The molecule has 0 aliphatic heterocycles. The molecule has 0 saturated heterocycles. The molecule has 0 aromatic rings. The van der Waals surface area contributed by atoms with Crippen LogP contribution in [-0.4, -0.2) is 66.2 Å². The van der Waals surface area contributed by atoms with Gasteiger partial charge in [-0.05, 0) is 19.1 Å². The Morgan fingerprint density at radius 2 is 1.00 bits per heavy atom. The highest BCUT2D eigenvalue weighted by atomic mass is 28.4. The van der Waals surface area contributed by atoms with Gasteiger partial charge >= 0.3 is 0 Å². The fraction of sp³-hybridized carbons (Fsp3) is 1.00. The summed E-state index contributed by atoms with van der Waals surface area (Å²) in [7, 11) is -1.51. The molecule has 6 heteroatoms. The second-order valence-corrected chi connectivity index (χ2v) is 14.7. The maximum atomic E-state index is 8.62. The van der Waals surface area contributed by atoms with Crippen LogP contribution in [-0.2, 0) is 13.9 Å². The Kier molecular flexibility index (Phi) is 27.6. The van der Waals surface area contributed by atoms with Crippen molar-refractivity contribution in [1.82, 2.24) is 5.32 Å². The van der Waals surface area contributed by atoms with Gasteiger partial charge in [0.1, 0.15) is 0 Å². The van der Waals surface area contributed by atoms with Crippen LogP contribution >= 0.6 is 0 Å². The number of aliphatic hydroxyl groups is 1. The molecule has 0 aliphatic rings. The smallest absolute Gasteiger partial charge is 0.186 e. The van der Waals surface area contributed by atoms with Crippen LogP contribution in [0.3, 0.4) is 0 Å². The number of unbranched alkanes of at least 4 members (excludes halogenated alkanes) is 15. The van der Waals surface area contributed by atoms with E-state index in [-0.39, 0.29) is 6.61 Å². The van der Waals surface area contributed by atoms with E-state index in [1.54, 1.807) is 0 Å². The molecule has 0 atom stereocenters. The van der Waals surface area contributed by atoms with Crippen molar-refractivity contribution < 1.29 is 19.0 Å². The molecule has 0 spiro atoms. The van der Waals surface area contributed by atoms with E-state index in [0.29, 0.717) is 26.4 Å². The summed E-state index contributed by atoms with van der Waals surface area (Å²) >= 11 is 0. The average Bonchev–Trinajstić information content (AvgIpc) is 2.82. The van der Waals surface area contributed by atoms with Gasteiger partial charge in [-0.25, -0.2) is 0 Å². The largest absolute Gasteiger partial charge is 0.416 e. The molecule has 34 heavy (non-hydrogen) atoms. The fourth-order valence-corrected chi connectivity index (χ4v) is 6.13. The van der Waals surface area contributed by atoms with Crippen molar-refractivity contribution in [3.05, 3.63) is 0 Å². The number of aliphatic hydroxyl groups excluding tert-OH is 1. The standard InChI is InChI=1S/C28H61NO4Si/c1-4-5-6-7-8-9-10-11-12-13-14-15-16-17-18-19-28-34(2,3)33-24-21-29-20-23-31-26-27-32-25-22-30/h29-30H,4-28H2,1-3H3. The van der Waals surface area contributed by atoms with Gasteiger partial charge in [0.15, 0.2) is 8.32 Å². The highest BCUT2D eigenvalue weighted by Crippen LogP contribution is 2.18. The molecular formula is C28H61NO4Si. The Morgan fingerprint density at radius 3 is 1.50 bits per heavy atom. The Morgan fingerprint density at radius 1 is 0.559 bits per heavy atom. The quantitative estimate of drug-likeness (QED) is 0.0843. The minimum atomic E-state index is -1.51. The lowest BCUT2D eigenvalue weighted by Gasteiger charge is -2.23. The van der Waals surface area contributed by atoms with Crippen molar-refractivity contribution in [3.63, 3.8) is 0 Å². The molecule has 0 aromatic heterocycles. The van der Waals surface area contributed by atoms with Crippen LogP contribution in [0.1, 0.15) is 110 Å². The average molecular weight is 504 g/mol. The van der Waals surface area contributed by atoms with Gasteiger partial charge in [0, 0.05) is 19.7 Å². The lowest BCUT2D eigenvalue weighted by atomic mass is 10.0. The molecule has 2 N–H and O–H groups in total. The number of hydrogen-bond acceptors (Lipinski definition) is 5. The van der Waals surface area contributed by atoms with Crippen molar-refractivity contribution in [1.29, 1.82) is 0 Å². The Labute approximate surface area is 214 Å². The minimum Gasteiger partial charge on any atom is -0.416 e. The van der Waals surface area contributed by atoms with Crippen LogP contribution in [0.15, 0.2) is 0 Å². The summed E-state index contributed by atoms with van der Waals surface area (Å²) in [5.41, 5.74) is 0. The molecule has 0 amide bonds. The van der Waals surface area contributed by atoms with E-state index in [4.69, 9.17) is 19.0 Å². The monoisotopic (exact) mass is 503 g/mol. The molecule has 0 fully saturated rings. The first-order chi connectivity index (χ1) is 16.6. The molecule has 0 aromatic carbocycles. The third kappa shape index (κ3) is 28.3. The maximum Gasteiger partial charge on any atom is 0.186 e. The first kappa shape index (κ1) is 34.0. The molecule has 5 nitrogen and oxygen atoms in total. The van der Waals surface area contributed by atoms with Gasteiger partial charge in [-0.1, -0.05) is 110 Å². The molecule has 0 radical (unpaired) electrons. The van der Waals surface area contributed by atoms with Crippen LogP contribution < -0.4 is 5.32 Å². The van der Waals surface area contributed by atoms with Crippen molar-refractivity contribution in [3.8, 4) is 0 Å². The molecule has 0 rings (SSSR count). The van der Waals surface area contributed by atoms with Gasteiger partial charge < -0.3 is 24.3 Å². The second kappa shape index (κ2) is 27.6. The molecule has 0 aliphatic carbocycles. The Balaban J connectivity index is 3.27. The van der Waals surface area contributed by atoms with Crippen LogP contribution in [0.5, 0.6) is 0 Å². The Hall–Kier alpha value is 0.0169. The third-order valence-corrected chi connectivity index (χ3v) is 8.98. The number of nitrogens with one attached hydrogen (secondary N) is 1. The summed E-state index contributed by atoms with van der Waals surface area (Å²) in [4.78, 5) is 0. The fourth-order valence-electron chi connectivity index (χ4n) is 4.23. The molecule has 206 valence electrons. The molecular weight excluding hydrogens is 442 g/mol. The van der Waals surface area contributed by atoms with Crippen molar-refractivity contribution in [2.45, 2.75) is 129 Å². The van der Waals surface area contributed by atoms with E-state index in [1.807, 2.05) is 0 Å². The van der Waals surface area contributed by atoms with Gasteiger partial charge in [0.05, 0.1) is 33.0 Å². The van der Waals surface area contributed by atoms with Crippen LogP contribution in [0.2, 0.25) is 19.1 Å². The number of hydrogen-bond donors (Lipinski definition) is 2.